The molecule has 0 aromatic carbocycles. The van der Waals surface area contributed by atoms with E-state index < -0.39 is 33.6 Å². The molecule has 150 valence electrons. The van der Waals surface area contributed by atoms with E-state index in [9.17, 15) is 9.90 Å². The van der Waals surface area contributed by atoms with E-state index >= 15 is 0 Å². The molecule has 0 saturated carbocycles. The smallest absolute Gasteiger partial charge is 0.311 e. The number of rotatable bonds is 5. The molecule has 0 spiro atoms. The average molecular weight is 415 g/mol. The second-order valence-electron chi connectivity index (χ2n) is 7.78. The summed E-state index contributed by atoms with van der Waals surface area (Å²) in [4.78, 5) is 20.5. The zero-order valence-corrected chi connectivity index (χ0v) is 18.0. The number of fused-ring (bicyclic) bond motifs is 1. The van der Waals surface area contributed by atoms with Gasteiger partial charge in [-0.3, -0.25) is 9.36 Å². The van der Waals surface area contributed by atoms with Crippen LogP contribution in [0.25, 0.3) is 10.3 Å². The Labute approximate surface area is 162 Å². The van der Waals surface area contributed by atoms with Gasteiger partial charge in [0.15, 0.2) is 20.9 Å². The van der Waals surface area contributed by atoms with Gasteiger partial charge < -0.3 is 24.7 Å². The number of aromatic nitrogens is 3. The summed E-state index contributed by atoms with van der Waals surface area (Å²) in [6.07, 6.45) is -1.52. The zero-order chi connectivity index (χ0) is 19.9. The van der Waals surface area contributed by atoms with Crippen LogP contribution in [0.2, 0.25) is 13.1 Å². The number of hydrogen-bond acceptors (Lipinski definition) is 9. The van der Waals surface area contributed by atoms with Crippen LogP contribution in [0.3, 0.4) is 0 Å². The molecule has 0 bridgehead atoms. The predicted octanol–water partition coefficient (Wildman–Crippen LogP) is 0.877. The number of anilines is 1. The van der Waals surface area contributed by atoms with Gasteiger partial charge in [-0.15, -0.1) is 0 Å². The number of ether oxygens (including phenoxy) is 2. The van der Waals surface area contributed by atoms with Crippen molar-refractivity contribution in [3.63, 3.8) is 0 Å². The highest BCUT2D eigenvalue weighted by Gasteiger charge is 2.47. The third kappa shape index (κ3) is 4.38. The lowest BCUT2D eigenvalue weighted by Crippen LogP contribution is -2.40. The van der Waals surface area contributed by atoms with E-state index in [0.717, 1.165) is 11.3 Å². The summed E-state index contributed by atoms with van der Waals surface area (Å²) in [5.74, 6) is 0.0657. The van der Waals surface area contributed by atoms with Gasteiger partial charge in [-0.05, 0) is 33.9 Å². The van der Waals surface area contributed by atoms with Crippen LogP contribution in [0, 0.1) is 0 Å². The van der Waals surface area contributed by atoms with Crippen molar-refractivity contribution in [1.82, 2.24) is 14.5 Å². The average Bonchev–Trinajstić information content (AvgIpc) is 3.01. The molecule has 11 heteroatoms. The molecule has 3 heterocycles. The Balaban J connectivity index is 1.98. The molecule has 1 aliphatic rings. The molecule has 27 heavy (non-hydrogen) atoms. The Morgan fingerprint density at radius 2 is 2.15 bits per heavy atom. The molecule has 0 unspecified atom stereocenters. The van der Waals surface area contributed by atoms with Crippen LogP contribution < -0.4 is 10.6 Å². The van der Waals surface area contributed by atoms with Gasteiger partial charge >= 0.3 is 4.87 Å². The van der Waals surface area contributed by atoms with Crippen molar-refractivity contribution in [2.45, 2.75) is 64.0 Å². The maximum absolute atomic E-state index is 12.6. The highest BCUT2D eigenvalue weighted by molar-refractivity contribution is 7.16. The van der Waals surface area contributed by atoms with Crippen LogP contribution in [-0.4, -0.2) is 59.2 Å². The molecule has 9 nitrogen and oxygen atoms in total. The maximum atomic E-state index is 12.6. The molecular formula is C16H26N4O5SSi. The summed E-state index contributed by atoms with van der Waals surface area (Å²) in [5, 5.41) is 10.8. The topological polar surface area (TPSA) is 122 Å². The van der Waals surface area contributed by atoms with Crippen LogP contribution in [0.4, 0.5) is 5.95 Å². The SMILES string of the molecule is C[SiH](C)O[C@@H]1[C@H](O)[C@@H](COC(C)(C)C)O[C@H]1n1c(=O)sc2cnc(N)nc21. The Morgan fingerprint density at radius 3 is 2.78 bits per heavy atom. The van der Waals surface area contributed by atoms with Crippen molar-refractivity contribution in [3.05, 3.63) is 15.9 Å². The summed E-state index contributed by atoms with van der Waals surface area (Å²) < 4.78 is 19.9. The monoisotopic (exact) mass is 414 g/mol. The van der Waals surface area contributed by atoms with Gasteiger partial charge in [0.2, 0.25) is 5.95 Å². The summed E-state index contributed by atoms with van der Waals surface area (Å²) >= 11 is 1.01. The molecular weight excluding hydrogens is 388 g/mol. The first-order valence-electron chi connectivity index (χ1n) is 8.83. The molecule has 4 atom stereocenters. The number of nitrogens with two attached hydrogens (primary N) is 1. The third-order valence-corrected chi connectivity index (χ3v) is 5.79. The quantitative estimate of drug-likeness (QED) is 0.692. The van der Waals surface area contributed by atoms with Crippen molar-refractivity contribution in [1.29, 1.82) is 0 Å². The molecule has 0 amide bonds. The lowest BCUT2D eigenvalue weighted by molar-refractivity contribution is -0.0992. The Hall–Kier alpha value is -1.37. The van der Waals surface area contributed by atoms with E-state index in [-0.39, 0.29) is 23.0 Å². The van der Waals surface area contributed by atoms with E-state index in [4.69, 9.17) is 19.6 Å². The number of hydrogen-bond donors (Lipinski definition) is 2. The zero-order valence-electron chi connectivity index (χ0n) is 16.1. The number of thiazole rings is 1. The predicted molar refractivity (Wildman–Crippen MR) is 105 cm³/mol. The normalized spacial score (nSPS) is 26.3. The van der Waals surface area contributed by atoms with Crippen molar-refractivity contribution >= 4 is 36.7 Å². The van der Waals surface area contributed by atoms with Gasteiger partial charge in [0.25, 0.3) is 0 Å². The van der Waals surface area contributed by atoms with Gasteiger partial charge in [-0.2, -0.15) is 4.98 Å². The van der Waals surface area contributed by atoms with Crippen molar-refractivity contribution in [2.75, 3.05) is 12.3 Å². The van der Waals surface area contributed by atoms with E-state index in [1.54, 1.807) is 0 Å². The Morgan fingerprint density at radius 1 is 1.44 bits per heavy atom. The number of nitrogen functional groups attached to an aromatic ring is 1. The molecule has 3 N–H and O–H groups in total. The Bertz CT molecular complexity index is 865. The van der Waals surface area contributed by atoms with Crippen molar-refractivity contribution in [2.24, 2.45) is 0 Å². The second kappa shape index (κ2) is 7.57. The molecule has 2 aromatic heterocycles. The summed E-state index contributed by atoms with van der Waals surface area (Å²) in [6.45, 7) is 9.97. The lowest BCUT2D eigenvalue weighted by atomic mass is 10.1. The fourth-order valence-electron chi connectivity index (χ4n) is 2.93. The van der Waals surface area contributed by atoms with Crippen LogP contribution >= 0.6 is 11.3 Å². The van der Waals surface area contributed by atoms with E-state index in [1.165, 1.54) is 10.8 Å². The fraction of sp³-hybridized carbons (Fsp3) is 0.688. The van der Waals surface area contributed by atoms with Crippen molar-refractivity contribution in [3.8, 4) is 0 Å². The highest BCUT2D eigenvalue weighted by atomic mass is 32.1. The largest absolute Gasteiger partial charge is 0.410 e. The molecule has 1 saturated heterocycles. The molecule has 3 rings (SSSR count). The summed E-state index contributed by atoms with van der Waals surface area (Å²) in [6, 6.07) is 0. The summed E-state index contributed by atoms with van der Waals surface area (Å²) in [7, 11) is -1.52. The van der Waals surface area contributed by atoms with Crippen LogP contribution in [0.1, 0.15) is 27.0 Å². The number of nitrogens with zero attached hydrogens (tertiary/aromatic N) is 3. The van der Waals surface area contributed by atoms with Crippen molar-refractivity contribution < 1.29 is 19.0 Å². The number of aliphatic hydroxyl groups excluding tert-OH is 1. The second-order valence-corrected chi connectivity index (χ2v) is 11.1. The van der Waals surface area contributed by atoms with Crippen LogP contribution in [0.15, 0.2) is 11.0 Å². The van der Waals surface area contributed by atoms with Gasteiger partial charge in [0.05, 0.1) is 23.1 Å². The van der Waals surface area contributed by atoms with Crippen LogP contribution in [0.5, 0.6) is 0 Å². The first-order valence-corrected chi connectivity index (χ1v) is 12.4. The minimum Gasteiger partial charge on any atom is -0.410 e. The minimum atomic E-state index is -1.52. The van der Waals surface area contributed by atoms with Gasteiger partial charge in [-0.25, -0.2) is 4.98 Å². The van der Waals surface area contributed by atoms with E-state index in [2.05, 4.69) is 9.97 Å². The molecule has 2 aromatic rings. The highest BCUT2D eigenvalue weighted by Crippen LogP contribution is 2.34. The van der Waals surface area contributed by atoms with E-state index in [1.807, 2.05) is 33.9 Å². The summed E-state index contributed by atoms with van der Waals surface area (Å²) in [5.41, 5.74) is 5.70. The van der Waals surface area contributed by atoms with Gasteiger partial charge in [0.1, 0.15) is 18.3 Å². The fourth-order valence-corrected chi connectivity index (χ4v) is 4.67. The first kappa shape index (κ1) is 20.4. The van der Waals surface area contributed by atoms with Gasteiger partial charge in [-0.1, -0.05) is 11.3 Å². The Kier molecular flexibility index (Phi) is 5.71. The third-order valence-electron chi connectivity index (χ3n) is 4.05. The number of aliphatic hydroxyl groups is 1. The first-order chi connectivity index (χ1) is 12.6. The lowest BCUT2D eigenvalue weighted by Gasteiger charge is -2.24. The van der Waals surface area contributed by atoms with Gasteiger partial charge in [0, 0.05) is 0 Å². The maximum Gasteiger partial charge on any atom is 0.311 e. The molecule has 1 fully saturated rings. The molecule has 1 aliphatic heterocycles. The molecule has 0 aliphatic carbocycles. The van der Waals surface area contributed by atoms with E-state index in [0.29, 0.717) is 10.3 Å². The van der Waals surface area contributed by atoms with Crippen LogP contribution in [-0.2, 0) is 13.9 Å². The minimum absolute atomic E-state index is 0.0657. The standard InChI is InChI=1S/C16H26N4O5SSi/c1-16(2,3)23-7-8-10(21)11(25-27(4)5)13(24-8)20-12-9(26-15(20)22)6-18-14(17)19-12/h6,8,10-11,13,21,27H,7H2,1-5H3,(H2,17,18,19)/t8-,10-,11-,13-/m1/s1. The molecule has 0 radical (unpaired) electrons.